The number of carbonyl (C=O) groups excluding carboxylic acids is 2. The van der Waals surface area contributed by atoms with Crippen molar-refractivity contribution in [2.75, 3.05) is 11.9 Å². The highest BCUT2D eigenvalue weighted by Gasteiger charge is 2.15. The summed E-state index contributed by atoms with van der Waals surface area (Å²) in [7, 11) is 0. The van der Waals surface area contributed by atoms with Crippen LogP contribution in [0.1, 0.15) is 28.9 Å². The van der Waals surface area contributed by atoms with Crippen LogP contribution in [-0.4, -0.2) is 23.5 Å². The monoisotopic (exact) mass is 332 g/mol. The molecular formula is C17H17ClN2O3. The third kappa shape index (κ3) is 4.81. The molecule has 2 amide bonds. The zero-order chi connectivity index (χ0) is 16.8. The van der Waals surface area contributed by atoms with E-state index in [1.165, 1.54) is 6.92 Å². The van der Waals surface area contributed by atoms with E-state index in [1.807, 2.05) is 0 Å². The Bertz CT molecular complexity index is 701. The van der Waals surface area contributed by atoms with E-state index in [0.717, 1.165) is 5.56 Å². The summed E-state index contributed by atoms with van der Waals surface area (Å²) in [5.74, 6) is -0.553. The van der Waals surface area contributed by atoms with Crippen LogP contribution in [0.5, 0.6) is 0 Å². The predicted molar refractivity (Wildman–Crippen MR) is 89.5 cm³/mol. The van der Waals surface area contributed by atoms with E-state index in [-0.39, 0.29) is 18.4 Å². The van der Waals surface area contributed by atoms with Gasteiger partial charge in [0.1, 0.15) is 0 Å². The van der Waals surface area contributed by atoms with Gasteiger partial charge < -0.3 is 15.7 Å². The maximum atomic E-state index is 12.3. The molecule has 0 aliphatic rings. The van der Waals surface area contributed by atoms with Crippen LogP contribution in [0.2, 0.25) is 5.02 Å². The molecule has 2 aromatic rings. The minimum Gasteiger partial charge on any atom is -0.394 e. The molecule has 0 aliphatic heterocycles. The molecule has 1 unspecified atom stereocenters. The van der Waals surface area contributed by atoms with Crippen LogP contribution < -0.4 is 10.6 Å². The minimum atomic E-state index is -0.538. The van der Waals surface area contributed by atoms with E-state index in [1.54, 1.807) is 48.5 Å². The second-order valence-electron chi connectivity index (χ2n) is 5.02. The molecule has 0 saturated heterocycles. The van der Waals surface area contributed by atoms with E-state index < -0.39 is 6.04 Å². The number of hydrogen-bond acceptors (Lipinski definition) is 3. The van der Waals surface area contributed by atoms with Crippen LogP contribution in [0, 0.1) is 0 Å². The lowest BCUT2D eigenvalue weighted by Gasteiger charge is -2.17. The van der Waals surface area contributed by atoms with E-state index in [0.29, 0.717) is 16.3 Å². The van der Waals surface area contributed by atoms with E-state index in [4.69, 9.17) is 11.6 Å². The fraction of sp³-hybridized carbons (Fsp3) is 0.176. The molecule has 0 spiro atoms. The first-order valence-electron chi connectivity index (χ1n) is 7.04. The van der Waals surface area contributed by atoms with Crippen molar-refractivity contribution >= 4 is 29.1 Å². The van der Waals surface area contributed by atoms with Crippen molar-refractivity contribution in [3.05, 3.63) is 64.7 Å². The first-order chi connectivity index (χ1) is 11.0. The Balaban J connectivity index is 2.13. The first-order valence-corrected chi connectivity index (χ1v) is 7.42. The quantitative estimate of drug-likeness (QED) is 0.787. The minimum absolute atomic E-state index is 0.211. The Morgan fingerprint density at radius 2 is 1.87 bits per heavy atom. The number of aliphatic hydroxyl groups is 1. The maximum absolute atomic E-state index is 12.3. The van der Waals surface area contributed by atoms with Gasteiger partial charge in [0, 0.05) is 23.2 Å². The molecule has 5 nitrogen and oxygen atoms in total. The number of rotatable bonds is 5. The Morgan fingerprint density at radius 1 is 1.17 bits per heavy atom. The van der Waals surface area contributed by atoms with Crippen LogP contribution in [-0.2, 0) is 4.79 Å². The number of carbonyl (C=O) groups is 2. The third-order valence-electron chi connectivity index (χ3n) is 3.21. The third-order valence-corrected chi connectivity index (χ3v) is 3.46. The maximum Gasteiger partial charge on any atom is 0.251 e. The van der Waals surface area contributed by atoms with Crippen molar-refractivity contribution in [3.63, 3.8) is 0 Å². The van der Waals surface area contributed by atoms with Crippen LogP contribution in [0.4, 0.5) is 5.69 Å². The van der Waals surface area contributed by atoms with Gasteiger partial charge in [-0.15, -0.1) is 0 Å². The van der Waals surface area contributed by atoms with Gasteiger partial charge in [-0.25, -0.2) is 0 Å². The van der Waals surface area contributed by atoms with Crippen molar-refractivity contribution in [1.29, 1.82) is 0 Å². The summed E-state index contributed by atoms with van der Waals surface area (Å²) in [5.41, 5.74) is 1.68. The SMILES string of the molecule is CC(=O)Nc1cccc(C(=O)NC(CO)c2ccc(Cl)cc2)c1. The molecule has 1 atom stereocenters. The summed E-state index contributed by atoms with van der Waals surface area (Å²) >= 11 is 5.84. The highest BCUT2D eigenvalue weighted by Crippen LogP contribution is 2.17. The Labute approximate surface area is 139 Å². The number of amides is 2. The van der Waals surface area contributed by atoms with E-state index in [2.05, 4.69) is 10.6 Å². The van der Waals surface area contributed by atoms with Crippen molar-refractivity contribution in [2.24, 2.45) is 0 Å². The van der Waals surface area contributed by atoms with Crippen LogP contribution in [0.15, 0.2) is 48.5 Å². The van der Waals surface area contributed by atoms with Crippen LogP contribution in [0.3, 0.4) is 0 Å². The summed E-state index contributed by atoms with van der Waals surface area (Å²) < 4.78 is 0. The molecule has 0 aliphatic carbocycles. The first kappa shape index (κ1) is 17.0. The predicted octanol–water partition coefficient (Wildman–Crippen LogP) is 2.76. The molecule has 0 bridgehead atoms. The Hall–Kier alpha value is -2.37. The number of nitrogens with one attached hydrogen (secondary N) is 2. The topological polar surface area (TPSA) is 78.4 Å². The fourth-order valence-electron chi connectivity index (χ4n) is 2.11. The number of aliphatic hydroxyl groups excluding tert-OH is 1. The largest absolute Gasteiger partial charge is 0.394 e. The molecule has 0 heterocycles. The van der Waals surface area contributed by atoms with Crippen molar-refractivity contribution < 1.29 is 14.7 Å². The normalized spacial score (nSPS) is 11.6. The lowest BCUT2D eigenvalue weighted by molar-refractivity contribution is -0.114. The molecular weight excluding hydrogens is 316 g/mol. The van der Waals surface area contributed by atoms with Crippen molar-refractivity contribution in [1.82, 2.24) is 5.32 Å². The lowest BCUT2D eigenvalue weighted by atomic mass is 10.1. The van der Waals surface area contributed by atoms with Gasteiger partial charge in [0.15, 0.2) is 0 Å². The zero-order valence-electron chi connectivity index (χ0n) is 12.5. The highest BCUT2D eigenvalue weighted by molar-refractivity contribution is 6.30. The smallest absolute Gasteiger partial charge is 0.251 e. The van der Waals surface area contributed by atoms with Gasteiger partial charge >= 0.3 is 0 Å². The van der Waals surface area contributed by atoms with E-state index >= 15 is 0 Å². The van der Waals surface area contributed by atoms with Crippen molar-refractivity contribution in [2.45, 2.75) is 13.0 Å². The molecule has 6 heteroatoms. The second-order valence-corrected chi connectivity index (χ2v) is 5.46. The van der Waals surface area contributed by atoms with Gasteiger partial charge in [0.05, 0.1) is 12.6 Å². The van der Waals surface area contributed by atoms with Gasteiger partial charge in [-0.1, -0.05) is 29.8 Å². The highest BCUT2D eigenvalue weighted by atomic mass is 35.5. The lowest BCUT2D eigenvalue weighted by Crippen LogP contribution is -2.30. The number of hydrogen-bond donors (Lipinski definition) is 3. The van der Waals surface area contributed by atoms with Crippen molar-refractivity contribution in [3.8, 4) is 0 Å². The average Bonchev–Trinajstić information content (AvgIpc) is 2.53. The molecule has 2 aromatic carbocycles. The van der Waals surface area contributed by atoms with Gasteiger partial charge in [0.2, 0.25) is 5.91 Å². The summed E-state index contributed by atoms with van der Waals surface area (Å²) in [6, 6.07) is 12.9. The second kappa shape index (κ2) is 7.76. The molecule has 0 aromatic heterocycles. The molecule has 0 radical (unpaired) electrons. The van der Waals surface area contributed by atoms with Crippen LogP contribution in [0.25, 0.3) is 0 Å². The van der Waals surface area contributed by atoms with Crippen LogP contribution >= 0.6 is 11.6 Å². The molecule has 120 valence electrons. The summed E-state index contributed by atoms with van der Waals surface area (Å²) in [6.45, 7) is 1.16. The number of benzene rings is 2. The molecule has 2 rings (SSSR count). The van der Waals surface area contributed by atoms with Gasteiger partial charge in [-0.3, -0.25) is 9.59 Å². The summed E-state index contributed by atoms with van der Waals surface area (Å²) in [4.78, 5) is 23.4. The number of halogens is 1. The van der Waals surface area contributed by atoms with Gasteiger partial charge in [0.25, 0.3) is 5.91 Å². The summed E-state index contributed by atoms with van der Waals surface area (Å²) in [5, 5.41) is 15.5. The molecule has 0 saturated carbocycles. The van der Waals surface area contributed by atoms with E-state index in [9.17, 15) is 14.7 Å². The fourth-order valence-corrected chi connectivity index (χ4v) is 2.24. The molecule has 3 N–H and O–H groups in total. The number of anilines is 1. The standard InChI is InChI=1S/C17H17ClN2O3/c1-11(22)19-15-4-2-3-13(9-15)17(23)20-16(10-21)12-5-7-14(18)8-6-12/h2-9,16,21H,10H2,1H3,(H,19,22)(H,20,23). The average molecular weight is 333 g/mol. The Kier molecular flexibility index (Phi) is 5.73. The van der Waals surface area contributed by atoms with Gasteiger partial charge in [-0.05, 0) is 35.9 Å². The van der Waals surface area contributed by atoms with Gasteiger partial charge in [-0.2, -0.15) is 0 Å². The molecule has 23 heavy (non-hydrogen) atoms. The zero-order valence-corrected chi connectivity index (χ0v) is 13.3. The molecule has 0 fully saturated rings. The Morgan fingerprint density at radius 3 is 2.48 bits per heavy atom. The summed E-state index contributed by atoms with van der Waals surface area (Å²) in [6.07, 6.45) is 0.